The maximum Gasteiger partial charge on any atom is 0.244 e. The van der Waals surface area contributed by atoms with Crippen molar-refractivity contribution in [1.82, 2.24) is 4.90 Å². The van der Waals surface area contributed by atoms with Gasteiger partial charge in [-0.1, -0.05) is 44.2 Å². The van der Waals surface area contributed by atoms with E-state index in [2.05, 4.69) is 17.5 Å². The summed E-state index contributed by atoms with van der Waals surface area (Å²) in [4.78, 5) is 39.2. The van der Waals surface area contributed by atoms with Gasteiger partial charge in [0.1, 0.15) is 6.54 Å². The molecule has 136 valence electrons. The first kappa shape index (κ1) is 17.0. The molecular weight excluding hydrogens is 328 g/mol. The van der Waals surface area contributed by atoms with Crippen LogP contribution in [-0.4, -0.2) is 29.2 Å². The summed E-state index contributed by atoms with van der Waals surface area (Å²) in [5, 5.41) is 2.95. The molecule has 26 heavy (non-hydrogen) atoms. The molecule has 0 aromatic heterocycles. The van der Waals surface area contributed by atoms with Crippen LogP contribution in [0.25, 0.3) is 0 Å². The van der Waals surface area contributed by atoms with Gasteiger partial charge in [0.2, 0.25) is 17.7 Å². The maximum absolute atomic E-state index is 12.7. The molecular formula is C21H24N2O3. The van der Waals surface area contributed by atoms with Gasteiger partial charge < -0.3 is 5.32 Å². The van der Waals surface area contributed by atoms with Crippen molar-refractivity contribution in [3.8, 4) is 0 Å². The molecule has 1 heterocycles. The molecule has 0 unspecified atom stereocenters. The lowest BCUT2D eigenvalue weighted by Crippen LogP contribution is -2.39. The van der Waals surface area contributed by atoms with Gasteiger partial charge in [0.05, 0.1) is 11.8 Å². The van der Waals surface area contributed by atoms with Crippen molar-refractivity contribution in [2.45, 2.75) is 33.1 Å². The highest BCUT2D eigenvalue weighted by Gasteiger charge is 2.59. The van der Waals surface area contributed by atoms with E-state index < -0.39 is 0 Å². The summed E-state index contributed by atoms with van der Waals surface area (Å²) in [6.45, 7) is 3.90. The van der Waals surface area contributed by atoms with E-state index in [9.17, 15) is 14.4 Å². The lowest BCUT2D eigenvalue weighted by atomic mass is 9.85. The predicted molar refractivity (Wildman–Crippen MR) is 98.3 cm³/mol. The lowest BCUT2D eigenvalue weighted by Gasteiger charge is -2.19. The Hall–Kier alpha value is -2.43. The van der Waals surface area contributed by atoms with E-state index in [0.29, 0.717) is 0 Å². The molecule has 2 bridgehead atoms. The second-order valence-electron chi connectivity index (χ2n) is 7.47. The summed E-state index contributed by atoms with van der Waals surface area (Å²) in [5.74, 6) is -0.816. The maximum atomic E-state index is 12.7. The number of likely N-dealkylation sites (tertiary alicyclic amines) is 1. The monoisotopic (exact) mass is 352 g/mol. The van der Waals surface area contributed by atoms with E-state index in [1.54, 1.807) is 0 Å². The zero-order valence-electron chi connectivity index (χ0n) is 15.2. The van der Waals surface area contributed by atoms with Crippen LogP contribution in [0.3, 0.4) is 0 Å². The van der Waals surface area contributed by atoms with Gasteiger partial charge in [0, 0.05) is 5.69 Å². The fourth-order valence-electron chi connectivity index (χ4n) is 4.85. The van der Waals surface area contributed by atoms with Crippen LogP contribution in [0.4, 0.5) is 5.69 Å². The van der Waals surface area contributed by atoms with Crippen molar-refractivity contribution >= 4 is 23.4 Å². The fourth-order valence-corrected chi connectivity index (χ4v) is 4.85. The first-order valence-corrected chi connectivity index (χ1v) is 9.49. The van der Waals surface area contributed by atoms with Crippen molar-refractivity contribution in [3.63, 3.8) is 0 Å². The van der Waals surface area contributed by atoms with Crippen LogP contribution in [0.5, 0.6) is 0 Å². The number of amides is 3. The Bertz CT molecular complexity index is 761. The molecule has 1 aromatic rings. The summed E-state index contributed by atoms with van der Waals surface area (Å²) < 4.78 is 0. The molecule has 1 aromatic carbocycles. The van der Waals surface area contributed by atoms with Crippen LogP contribution in [0.1, 0.15) is 31.4 Å². The minimum Gasteiger partial charge on any atom is -0.324 e. The number of hydrogen-bond donors (Lipinski definition) is 1. The molecule has 2 aliphatic carbocycles. The summed E-state index contributed by atoms with van der Waals surface area (Å²) >= 11 is 0. The average molecular weight is 352 g/mol. The first-order chi connectivity index (χ1) is 12.5. The zero-order chi connectivity index (χ0) is 18.4. The molecule has 1 saturated carbocycles. The standard InChI is InChI=1S/C21H24N2O3/c1-3-12-6-5-7-13(4-2)19(12)22-16(24)11-23-20(25)17-14-8-9-15(10-14)18(17)21(23)26/h5-9,14-15,17-18H,3-4,10-11H2,1-2H3,(H,22,24)/t14-,15-,17-,18-/m0/s1. The quantitative estimate of drug-likeness (QED) is 0.654. The first-order valence-electron chi connectivity index (χ1n) is 9.49. The van der Waals surface area contributed by atoms with Gasteiger partial charge in [-0.15, -0.1) is 0 Å². The normalized spacial score (nSPS) is 28.8. The zero-order valence-corrected chi connectivity index (χ0v) is 15.2. The van der Waals surface area contributed by atoms with Gasteiger partial charge >= 0.3 is 0 Å². The average Bonchev–Trinajstić information content (AvgIpc) is 3.32. The Kier molecular flexibility index (Phi) is 4.17. The number of para-hydroxylation sites is 1. The van der Waals surface area contributed by atoms with E-state index in [1.807, 2.05) is 32.0 Å². The largest absolute Gasteiger partial charge is 0.324 e. The number of imide groups is 1. The van der Waals surface area contributed by atoms with Crippen molar-refractivity contribution in [2.24, 2.45) is 23.7 Å². The van der Waals surface area contributed by atoms with Crippen molar-refractivity contribution in [1.29, 1.82) is 0 Å². The minimum atomic E-state index is -0.303. The Morgan fingerprint density at radius 2 is 1.58 bits per heavy atom. The molecule has 0 radical (unpaired) electrons. The van der Waals surface area contributed by atoms with E-state index in [1.165, 1.54) is 4.90 Å². The molecule has 0 spiro atoms. The molecule has 1 saturated heterocycles. The van der Waals surface area contributed by atoms with Gasteiger partial charge in [-0.05, 0) is 42.2 Å². The van der Waals surface area contributed by atoms with Crippen LogP contribution in [-0.2, 0) is 27.2 Å². The van der Waals surface area contributed by atoms with Gasteiger partial charge in [-0.2, -0.15) is 0 Å². The minimum absolute atomic E-state index is 0.169. The molecule has 5 heteroatoms. The predicted octanol–water partition coefficient (Wildman–Crippen LogP) is 2.56. The molecule has 1 aliphatic heterocycles. The highest BCUT2D eigenvalue weighted by molar-refractivity contribution is 6.09. The van der Waals surface area contributed by atoms with E-state index >= 15 is 0 Å². The molecule has 3 amide bonds. The van der Waals surface area contributed by atoms with Crippen LogP contribution in [0.2, 0.25) is 0 Å². The van der Waals surface area contributed by atoms with Crippen LogP contribution < -0.4 is 5.32 Å². The Labute approximate surface area is 153 Å². The number of nitrogens with zero attached hydrogens (tertiary/aromatic N) is 1. The van der Waals surface area contributed by atoms with Gasteiger partial charge in [-0.3, -0.25) is 19.3 Å². The number of nitrogens with one attached hydrogen (secondary N) is 1. The van der Waals surface area contributed by atoms with Crippen LogP contribution in [0.15, 0.2) is 30.4 Å². The summed E-state index contributed by atoms with van der Waals surface area (Å²) in [6.07, 6.45) is 6.64. The second kappa shape index (κ2) is 6.38. The molecule has 4 rings (SSSR count). The number of fused-ring (bicyclic) bond motifs is 5. The number of carbonyl (C=O) groups is 3. The van der Waals surface area contributed by atoms with E-state index in [4.69, 9.17) is 0 Å². The molecule has 4 atom stereocenters. The van der Waals surface area contributed by atoms with Crippen LogP contribution in [0, 0.1) is 23.7 Å². The summed E-state index contributed by atoms with van der Waals surface area (Å²) in [7, 11) is 0. The number of benzene rings is 1. The summed E-state index contributed by atoms with van der Waals surface area (Å²) in [6, 6.07) is 5.98. The lowest BCUT2D eigenvalue weighted by molar-refractivity contribution is -0.143. The molecule has 3 aliphatic rings. The Balaban J connectivity index is 1.50. The number of hydrogen-bond acceptors (Lipinski definition) is 3. The third-order valence-corrected chi connectivity index (χ3v) is 6.13. The van der Waals surface area contributed by atoms with Crippen LogP contribution >= 0.6 is 0 Å². The Morgan fingerprint density at radius 3 is 2.08 bits per heavy atom. The van der Waals surface area contributed by atoms with Crippen molar-refractivity contribution in [2.75, 3.05) is 11.9 Å². The van der Waals surface area contributed by atoms with Gasteiger partial charge in [0.15, 0.2) is 0 Å². The van der Waals surface area contributed by atoms with Crippen molar-refractivity contribution < 1.29 is 14.4 Å². The number of allylic oxidation sites excluding steroid dienone is 2. The number of aryl methyl sites for hydroxylation is 2. The smallest absolute Gasteiger partial charge is 0.244 e. The Morgan fingerprint density at radius 1 is 1.04 bits per heavy atom. The molecule has 2 fully saturated rings. The number of anilines is 1. The highest BCUT2D eigenvalue weighted by Crippen LogP contribution is 2.52. The topological polar surface area (TPSA) is 66.5 Å². The van der Waals surface area contributed by atoms with Crippen molar-refractivity contribution in [3.05, 3.63) is 41.5 Å². The second-order valence-corrected chi connectivity index (χ2v) is 7.47. The third-order valence-electron chi connectivity index (χ3n) is 6.13. The third kappa shape index (κ3) is 2.49. The van der Waals surface area contributed by atoms with E-state index in [-0.39, 0.29) is 47.9 Å². The molecule has 5 nitrogen and oxygen atoms in total. The molecule has 1 N–H and O–H groups in total. The number of rotatable bonds is 5. The highest BCUT2D eigenvalue weighted by atomic mass is 16.2. The fraction of sp³-hybridized carbons (Fsp3) is 0.476. The summed E-state index contributed by atoms with van der Waals surface area (Å²) in [5.41, 5.74) is 2.95. The van der Waals surface area contributed by atoms with Gasteiger partial charge in [0.25, 0.3) is 0 Å². The SMILES string of the molecule is CCc1cccc(CC)c1NC(=O)CN1C(=O)[C@@H]2[C@@H](C1=O)[C@H]1C=C[C@H]2C1. The van der Waals surface area contributed by atoms with Gasteiger partial charge in [-0.25, -0.2) is 0 Å². The van der Waals surface area contributed by atoms with E-state index in [0.717, 1.165) is 36.1 Å². The number of carbonyl (C=O) groups excluding carboxylic acids is 3.